The Kier molecular flexibility index (Phi) is 4.37. The normalized spacial score (nSPS) is 32.3. The van der Waals surface area contributed by atoms with E-state index in [4.69, 9.17) is 20.3 Å². The third kappa shape index (κ3) is 3.33. The average Bonchev–Trinajstić information content (AvgIpc) is 2.59. The summed E-state index contributed by atoms with van der Waals surface area (Å²) in [4.78, 5) is 32.1. The van der Waals surface area contributed by atoms with Crippen LogP contribution in [0.2, 0.25) is 0 Å². The van der Waals surface area contributed by atoms with Crippen molar-refractivity contribution in [2.45, 2.75) is 24.3 Å². The fourth-order valence-electron chi connectivity index (χ4n) is 1.91. The lowest BCUT2D eigenvalue weighted by molar-refractivity contribution is -0.196. The van der Waals surface area contributed by atoms with Crippen LogP contribution in [0.4, 0.5) is 10.2 Å². The first-order chi connectivity index (χ1) is 10.0. The van der Waals surface area contributed by atoms with Crippen LogP contribution in [0.1, 0.15) is 6.23 Å². The van der Waals surface area contributed by atoms with Gasteiger partial charge < -0.3 is 30.5 Å². The smallest absolute Gasteiger partial charge is 0.384 e. The monoisotopic (exact) mass is 341 g/mol. The largest absolute Gasteiger partial charge is 0.469 e. The van der Waals surface area contributed by atoms with Gasteiger partial charge in [0.05, 0.1) is 6.61 Å². The highest BCUT2D eigenvalue weighted by Gasteiger charge is 2.58. The summed E-state index contributed by atoms with van der Waals surface area (Å²) in [5, 5.41) is 19.3. The maximum absolute atomic E-state index is 14.2. The van der Waals surface area contributed by atoms with Gasteiger partial charge >= 0.3 is 13.5 Å². The van der Waals surface area contributed by atoms with Gasteiger partial charge in [-0.3, -0.25) is 9.09 Å². The van der Waals surface area contributed by atoms with Crippen molar-refractivity contribution >= 4 is 13.6 Å². The van der Waals surface area contributed by atoms with Crippen molar-refractivity contribution in [3.8, 4) is 0 Å². The van der Waals surface area contributed by atoms with Gasteiger partial charge in [-0.25, -0.2) is 13.8 Å². The van der Waals surface area contributed by atoms with Crippen LogP contribution >= 0.6 is 7.82 Å². The molecule has 1 aliphatic rings. The fourth-order valence-corrected chi connectivity index (χ4v) is 2.25. The Morgan fingerprint density at radius 3 is 2.77 bits per heavy atom. The zero-order valence-electron chi connectivity index (χ0n) is 10.8. The van der Waals surface area contributed by atoms with Gasteiger partial charge in [0, 0.05) is 6.20 Å². The van der Waals surface area contributed by atoms with Gasteiger partial charge in [0.15, 0.2) is 6.23 Å². The Balaban J connectivity index is 2.26. The van der Waals surface area contributed by atoms with Gasteiger partial charge in [-0.1, -0.05) is 0 Å². The number of phosphoric acid groups is 1. The maximum Gasteiger partial charge on any atom is 0.469 e. The molecule has 0 radical (unpaired) electrons. The Morgan fingerprint density at radius 2 is 2.23 bits per heavy atom. The van der Waals surface area contributed by atoms with E-state index in [2.05, 4.69) is 9.51 Å². The first-order valence-electron chi connectivity index (χ1n) is 5.82. The summed E-state index contributed by atoms with van der Waals surface area (Å²) in [6, 6.07) is 1.13. The Morgan fingerprint density at radius 1 is 1.59 bits per heavy atom. The average molecular weight is 341 g/mol. The van der Waals surface area contributed by atoms with Crippen molar-refractivity contribution < 1.29 is 38.2 Å². The number of aliphatic hydroxyl groups excluding tert-OH is 1. The molecule has 1 aromatic heterocycles. The number of nitrogen functional groups attached to an aromatic ring is 1. The minimum atomic E-state index is -4.89. The number of nitrogens with two attached hydrogens (primary N) is 1. The minimum Gasteiger partial charge on any atom is -0.384 e. The highest BCUT2D eigenvalue weighted by atomic mass is 31.2. The van der Waals surface area contributed by atoms with Crippen molar-refractivity contribution in [1.29, 1.82) is 0 Å². The van der Waals surface area contributed by atoms with E-state index in [-0.39, 0.29) is 5.82 Å². The van der Waals surface area contributed by atoms with Crippen LogP contribution in [0.3, 0.4) is 0 Å². The van der Waals surface area contributed by atoms with Crippen LogP contribution in [-0.4, -0.2) is 54.2 Å². The zero-order chi connectivity index (χ0) is 16.7. The third-order valence-corrected chi connectivity index (χ3v) is 3.41. The van der Waals surface area contributed by atoms with Gasteiger partial charge in [0.2, 0.25) is 0 Å². The van der Waals surface area contributed by atoms with Crippen molar-refractivity contribution in [3.05, 3.63) is 22.7 Å². The summed E-state index contributed by atoms with van der Waals surface area (Å²) < 4.78 is 34.4. The summed E-state index contributed by atoms with van der Waals surface area (Å²) in [5.74, 6) is -3.56. The molecule has 1 saturated heterocycles. The molecule has 2 rings (SSSR count). The molecule has 0 unspecified atom stereocenters. The van der Waals surface area contributed by atoms with Gasteiger partial charge in [-0.2, -0.15) is 4.98 Å². The maximum atomic E-state index is 14.2. The van der Waals surface area contributed by atoms with E-state index in [0.29, 0.717) is 4.57 Å². The molecule has 13 heteroatoms. The number of anilines is 1. The third-order valence-electron chi connectivity index (χ3n) is 2.93. The molecule has 1 aromatic rings. The Hall–Kier alpha value is -1.40. The van der Waals surface area contributed by atoms with Crippen LogP contribution in [0.15, 0.2) is 17.1 Å². The van der Waals surface area contributed by atoms with E-state index in [1.165, 1.54) is 0 Å². The molecule has 22 heavy (non-hydrogen) atoms. The summed E-state index contributed by atoms with van der Waals surface area (Å²) in [5.41, 5.74) is 4.22. The van der Waals surface area contributed by atoms with E-state index in [0.717, 1.165) is 12.3 Å². The molecule has 0 bridgehead atoms. The first-order valence-corrected chi connectivity index (χ1v) is 7.35. The van der Waals surface area contributed by atoms with Gasteiger partial charge in [-0.05, 0) is 6.07 Å². The number of rotatable bonds is 4. The van der Waals surface area contributed by atoms with Crippen LogP contribution < -0.4 is 11.4 Å². The van der Waals surface area contributed by atoms with Crippen LogP contribution in [-0.2, 0) is 13.8 Å². The number of aliphatic hydroxyl groups is 2. The molecule has 124 valence electrons. The van der Waals surface area contributed by atoms with E-state index < -0.39 is 44.4 Å². The van der Waals surface area contributed by atoms with Crippen molar-refractivity contribution in [2.24, 2.45) is 0 Å². The molecule has 2 heterocycles. The molecule has 0 aromatic carbocycles. The van der Waals surface area contributed by atoms with Crippen LogP contribution in [0.5, 0.6) is 0 Å². The predicted octanol–water partition coefficient (Wildman–Crippen LogP) is -2.15. The summed E-state index contributed by atoms with van der Waals surface area (Å²) in [7, 11) is -4.89. The number of hydrogen-bond acceptors (Lipinski definition) is 8. The van der Waals surface area contributed by atoms with E-state index in [1.807, 2.05) is 0 Å². The molecule has 0 spiro atoms. The van der Waals surface area contributed by atoms with E-state index >= 15 is 0 Å². The lowest BCUT2D eigenvalue weighted by atomic mass is 10.1. The van der Waals surface area contributed by atoms with Gasteiger partial charge in [-0.15, -0.1) is 0 Å². The number of hydrogen-bond donors (Lipinski definition) is 5. The molecule has 4 atom stereocenters. The highest BCUT2D eigenvalue weighted by molar-refractivity contribution is 7.46. The summed E-state index contributed by atoms with van der Waals surface area (Å²) >= 11 is 0. The Labute approximate surface area is 122 Å². The van der Waals surface area contributed by atoms with Crippen LogP contribution in [0.25, 0.3) is 0 Å². The Bertz CT molecular complexity index is 661. The fraction of sp³-hybridized carbons (Fsp3) is 0.556. The number of phosphoric ester groups is 1. The molecule has 11 nitrogen and oxygen atoms in total. The molecule has 0 amide bonds. The molecule has 1 fully saturated rings. The highest BCUT2D eigenvalue weighted by Crippen LogP contribution is 2.42. The lowest BCUT2D eigenvalue weighted by Gasteiger charge is -2.23. The van der Waals surface area contributed by atoms with Crippen molar-refractivity contribution in [2.75, 3.05) is 12.3 Å². The van der Waals surface area contributed by atoms with Gasteiger partial charge in [0.25, 0.3) is 5.85 Å². The first kappa shape index (κ1) is 17.0. The quantitative estimate of drug-likeness (QED) is 0.379. The predicted molar refractivity (Wildman–Crippen MR) is 66.9 cm³/mol. The molecule has 0 aliphatic carbocycles. The zero-order valence-corrected chi connectivity index (χ0v) is 11.7. The number of halogens is 1. The number of aromatic nitrogens is 2. The summed E-state index contributed by atoms with van der Waals surface area (Å²) in [6.45, 7) is -0.911. The second kappa shape index (κ2) is 5.66. The standard InChI is InChI=1S/C9H13FN3O8P/c10-9(16)6(14)4(3-20-22(17,18)19)21-7(9)13-2-1-5(11)12-8(13)15/h1-2,4,6-7,14,16H,3H2,(H2,11,12,15)(H2,17,18,19)/t4-,6-,7-,9-/m1/s1. The minimum absolute atomic E-state index is 0.149. The molecule has 6 N–H and O–H groups in total. The van der Waals surface area contributed by atoms with E-state index in [1.54, 1.807) is 0 Å². The molecule has 0 saturated carbocycles. The summed E-state index contributed by atoms with van der Waals surface area (Å²) in [6.07, 6.45) is -4.85. The van der Waals surface area contributed by atoms with E-state index in [9.17, 15) is 24.0 Å². The molecular weight excluding hydrogens is 328 g/mol. The SMILES string of the molecule is Nc1ccn([C@@H]2O[C@H](COP(=O)(O)O)[C@@H](O)[C@]2(O)F)c(=O)n1. The topological polar surface area (TPSA) is 177 Å². The van der Waals surface area contributed by atoms with Crippen LogP contribution in [0, 0.1) is 0 Å². The number of nitrogens with zero attached hydrogens (tertiary/aromatic N) is 2. The second-order valence-corrected chi connectivity index (χ2v) is 5.77. The van der Waals surface area contributed by atoms with Crippen molar-refractivity contribution in [1.82, 2.24) is 9.55 Å². The van der Waals surface area contributed by atoms with Gasteiger partial charge in [0.1, 0.15) is 18.0 Å². The number of ether oxygens (including phenoxy) is 1. The number of alkyl halides is 1. The lowest BCUT2D eigenvalue weighted by Crippen LogP contribution is -2.45. The second-order valence-electron chi connectivity index (χ2n) is 4.53. The molecular formula is C9H13FN3O8P. The molecule has 1 aliphatic heterocycles. The van der Waals surface area contributed by atoms with Crippen molar-refractivity contribution in [3.63, 3.8) is 0 Å².